The quantitative estimate of drug-likeness (QED) is 0.223. The van der Waals surface area contributed by atoms with Gasteiger partial charge in [-0.15, -0.1) is 0 Å². The molecule has 0 aromatic heterocycles. The molecule has 0 unspecified atom stereocenters. The van der Waals surface area contributed by atoms with Gasteiger partial charge in [0.25, 0.3) is 0 Å². The van der Waals surface area contributed by atoms with Crippen molar-refractivity contribution < 1.29 is 53.4 Å². The van der Waals surface area contributed by atoms with E-state index in [0.717, 1.165) is 0 Å². The number of aliphatic hydroxyl groups excluding tert-OH is 1. The van der Waals surface area contributed by atoms with E-state index in [0.29, 0.717) is 17.6 Å². The summed E-state index contributed by atoms with van der Waals surface area (Å²) in [5.41, 5.74) is 1.35. The first-order valence-electron chi connectivity index (χ1n) is 18.2. The van der Waals surface area contributed by atoms with E-state index in [1.165, 1.54) is 17.1 Å². The van der Waals surface area contributed by atoms with E-state index in [1.54, 1.807) is 40.0 Å². The van der Waals surface area contributed by atoms with Crippen molar-refractivity contribution >= 4 is 17.8 Å². The predicted molar refractivity (Wildman–Crippen MR) is 191 cm³/mol. The van der Waals surface area contributed by atoms with Crippen LogP contribution in [-0.2, 0) is 39.8 Å². The number of hydrogen-bond donors (Lipinski definition) is 4. The fraction of sp³-hybridized carbons (Fsp3) is 0.711. The van der Waals surface area contributed by atoms with Crippen molar-refractivity contribution in [2.24, 2.45) is 17.8 Å². The number of methoxy groups -OCH3 is 1. The largest absolute Gasteiger partial charge is 0.504 e. The van der Waals surface area contributed by atoms with Gasteiger partial charge < -0.3 is 43.9 Å². The van der Waals surface area contributed by atoms with Gasteiger partial charge in [-0.05, 0) is 78.7 Å². The lowest BCUT2D eigenvalue weighted by Crippen LogP contribution is -2.60. The Morgan fingerprint density at radius 3 is 2.35 bits per heavy atom. The molecule has 3 aliphatic heterocycles. The second kappa shape index (κ2) is 16.4. The summed E-state index contributed by atoms with van der Waals surface area (Å²) in [5.74, 6) is -3.33. The Morgan fingerprint density at radius 1 is 1.08 bits per heavy atom. The molecule has 0 spiro atoms. The van der Waals surface area contributed by atoms with Crippen molar-refractivity contribution in [3.05, 3.63) is 35.4 Å². The topological polar surface area (TPSA) is 177 Å². The number of esters is 1. The van der Waals surface area contributed by atoms with Crippen LogP contribution in [0.2, 0.25) is 0 Å². The summed E-state index contributed by atoms with van der Waals surface area (Å²) in [6.07, 6.45) is -1.84. The molecule has 1 aromatic rings. The van der Waals surface area contributed by atoms with Gasteiger partial charge in [-0.1, -0.05) is 39.8 Å². The number of Topliss-reactive ketones (excluding diaryl/α,β-unsaturated/α-hetero) is 1. The van der Waals surface area contributed by atoms with Gasteiger partial charge in [0.15, 0.2) is 23.4 Å². The fourth-order valence-corrected chi connectivity index (χ4v) is 8.29. The number of carbonyl (C=O) groups excluding carboxylic acids is 3. The molecule has 1 amide bonds. The van der Waals surface area contributed by atoms with Crippen LogP contribution >= 0.6 is 0 Å². The number of nitrogens with zero attached hydrogens (tertiary/aromatic N) is 2. The lowest BCUT2D eigenvalue weighted by atomic mass is 9.74. The van der Waals surface area contributed by atoms with Gasteiger partial charge in [-0.25, -0.2) is 20.0 Å². The summed E-state index contributed by atoms with van der Waals surface area (Å²) < 4.78 is 31.1. The number of aromatic hydroxyl groups is 2. The molecule has 52 heavy (non-hydrogen) atoms. The maximum atomic E-state index is 14.5. The number of ketones is 1. The number of hydrogen-bond acceptors (Lipinski definition) is 13. The molecule has 4 rings (SSSR count). The predicted octanol–water partition coefficient (Wildman–Crippen LogP) is 4.05. The highest BCUT2D eigenvalue weighted by Gasteiger charge is 2.60. The second-order valence-electron chi connectivity index (χ2n) is 15.5. The second-order valence-corrected chi connectivity index (χ2v) is 15.5. The highest BCUT2D eigenvalue weighted by atomic mass is 16.7. The van der Waals surface area contributed by atoms with E-state index in [1.807, 2.05) is 53.6 Å². The molecule has 0 aliphatic carbocycles. The van der Waals surface area contributed by atoms with Crippen LogP contribution in [0.25, 0.3) is 0 Å². The summed E-state index contributed by atoms with van der Waals surface area (Å²) in [5, 5.41) is 32.5. The molecule has 14 heteroatoms. The Balaban J connectivity index is 1.76. The first kappa shape index (κ1) is 41.5. The number of carbonyl (C=O) groups is 3. The number of ether oxygens (including phenoxy) is 5. The molecule has 12 atom stereocenters. The molecular formula is C38H59N3O11. The summed E-state index contributed by atoms with van der Waals surface area (Å²) >= 11 is 0. The van der Waals surface area contributed by atoms with E-state index in [9.17, 15) is 29.7 Å². The first-order valence-corrected chi connectivity index (χ1v) is 18.2. The standard InChI is InChI=1S/C38H59N3O11/c1-12-29-38(8)32(41(36(47)52-38)39-19-25-13-14-27(42)28(43)17-25)24(6)30(44)22(4)18-37(7,48-11)33(20(2)15-21(3)34(46)50-29)51-35-31(45)26(40(9)10)16-23(5)49-35/h13-15,17,20,22-24,26,29,31-33,35,39,42-43,45H,12,16,18-19H2,1-11H3/b21-15+/t20-,22+,23+,24-,26-,29+,31+,32+,33+,35-,37+,38+/m0/s1. The number of amides is 1. The van der Waals surface area contributed by atoms with E-state index >= 15 is 0 Å². The number of hydrazine groups is 1. The van der Waals surface area contributed by atoms with Gasteiger partial charge in [0.2, 0.25) is 0 Å². The average Bonchev–Trinajstić information content (AvgIpc) is 3.35. The zero-order chi connectivity index (χ0) is 38.9. The Morgan fingerprint density at radius 2 is 1.75 bits per heavy atom. The number of benzene rings is 1. The van der Waals surface area contributed by atoms with Crippen LogP contribution in [0.1, 0.15) is 80.2 Å². The van der Waals surface area contributed by atoms with E-state index in [-0.39, 0.29) is 48.8 Å². The molecule has 0 saturated carbocycles. The third kappa shape index (κ3) is 8.42. The van der Waals surface area contributed by atoms with Gasteiger partial charge in [-0.2, -0.15) is 0 Å². The number of phenols is 2. The Bertz CT molecular complexity index is 1490. The average molecular weight is 734 g/mol. The molecule has 14 nitrogen and oxygen atoms in total. The van der Waals surface area contributed by atoms with Crippen LogP contribution in [0, 0.1) is 17.8 Å². The number of likely N-dealkylation sites (N-methyl/N-ethyl adjacent to an activating group) is 1. The van der Waals surface area contributed by atoms with Crippen molar-refractivity contribution in [3.8, 4) is 11.5 Å². The third-order valence-corrected chi connectivity index (χ3v) is 11.2. The minimum Gasteiger partial charge on any atom is -0.504 e. The smallest absolute Gasteiger partial charge is 0.425 e. The maximum absolute atomic E-state index is 14.5. The van der Waals surface area contributed by atoms with Crippen molar-refractivity contribution in [1.29, 1.82) is 0 Å². The molecule has 4 N–H and O–H groups in total. The van der Waals surface area contributed by atoms with Gasteiger partial charge in [0.05, 0.1) is 17.8 Å². The zero-order valence-electron chi connectivity index (χ0n) is 32.4. The van der Waals surface area contributed by atoms with Crippen LogP contribution in [-0.4, -0.2) is 118 Å². The highest BCUT2D eigenvalue weighted by Crippen LogP contribution is 2.42. The number of fused-ring (bicyclic) bond motifs is 1. The van der Waals surface area contributed by atoms with E-state index in [2.05, 4.69) is 5.43 Å². The summed E-state index contributed by atoms with van der Waals surface area (Å²) in [4.78, 5) is 43.9. The van der Waals surface area contributed by atoms with Crippen LogP contribution in [0.4, 0.5) is 4.79 Å². The minimum absolute atomic E-state index is 0.0471. The van der Waals surface area contributed by atoms with Crippen LogP contribution in [0.15, 0.2) is 29.8 Å². The molecule has 2 saturated heterocycles. The molecule has 0 bridgehead atoms. The number of cyclic esters (lactones) is 1. The number of aliphatic hydroxyl groups is 1. The SMILES string of the molecule is CC[C@H]1OC(=O)/C(C)=C/[C@H](C)[C@@H](O[C@@H]2O[C@H](C)C[C@H](N(C)C)[C@H]2O)[C@](C)(OC)C[C@@H](C)C(=O)[C@H](C)[C@H]2N(NCc3ccc(O)c(O)c3)C(=O)O[C@]12C. The summed E-state index contributed by atoms with van der Waals surface area (Å²) in [7, 11) is 5.33. The molecular weight excluding hydrogens is 674 g/mol. The van der Waals surface area contributed by atoms with Crippen molar-refractivity contribution in [3.63, 3.8) is 0 Å². The maximum Gasteiger partial charge on any atom is 0.425 e. The van der Waals surface area contributed by atoms with Gasteiger partial charge >= 0.3 is 12.1 Å². The fourth-order valence-electron chi connectivity index (χ4n) is 8.29. The van der Waals surface area contributed by atoms with E-state index in [4.69, 9.17) is 23.7 Å². The van der Waals surface area contributed by atoms with Gasteiger partial charge in [0, 0.05) is 43.0 Å². The third-order valence-electron chi connectivity index (χ3n) is 11.2. The van der Waals surface area contributed by atoms with Gasteiger partial charge in [-0.3, -0.25) is 4.79 Å². The first-order chi connectivity index (χ1) is 24.3. The summed E-state index contributed by atoms with van der Waals surface area (Å²) in [6, 6.07) is 3.13. The monoisotopic (exact) mass is 733 g/mol. The van der Waals surface area contributed by atoms with Crippen molar-refractivity contribution in [2.75, 3.05) is 21.2 Å². The Labute approximate surface area is 307 Å². The Kier molecular flexibility index (Phi) is 13.1. The van der Waals surface area contributed by atoms with Crippen molar-refractivity contribution in [1.82, 2.24) is 15.3 Å². The molecule has 3 aliphatic rings. The molecule has 1 aromatic carbocycles. The van der Waals surface area contributed by atoms with Crippen LogP contribution < -0.4 is 5.43 Å². The molecule has 0 radical (unpaired) electrons. The van der Waals surface area contributed by atoms with Crippen molar-refractivity contribution in [2.45, 2.75) is 135 Å². The van der Waals surface area contributed by atoms with Crippen LogP contribution in [0.5, 0.6) is 11.5 Å². The molecule has 2 fully saturated rings. The summed E-state index contributed by atoms with van der Waals surface area (Å²) in [6.45, 7) is 14.4. The number of nitrogens with one attached hydrogen (secondary N) is 1. The molecule has 292 valence electrons. The van der Waals surface area contributed by atoms with Gasteiger partial charge in [0.1, 0.15) is 24.0 Å². The van der Waals surface area contributed by atoms with E-state index < -0.39 is 71.7 Å². The van der Waals surface area contributed by atoms with Crippen LogP contribution in [0.3, 0.4) is 0 Å². The minimum atomic E-state index is -1.44. The highest BCUT2D eigenvalue weighted by molar-refractivity contribution is 5.88. The zero-order valence-corrected chi connectivity index (χ0v) is 32.4. The Hall–Kier alpha value is -3.27. The number of phenolic OH excluding ortho intramolecular Hbond substituents is 2. The lowest BCUT2D eigenvalue weighted by Gasteiger charge is -2.46. The lowest BCUT2D eigenvalue weighted by molar-refractivity contribution is -0.294. The normalized spacial score (nSPS) is 39.0. The number of rotatable bonds is 8. The molecule has 3 heterocycles.